The van der Waals surface area contributed by atoms with Crippen LogP contribution in [0.1, 0.15) is 17.2 Å². The minimum absolute atomic E-state index is 0.193. The van der Waals surface area contributed by atoms with Gasteiger partial charge in [-0.3, -0.25) is 19.7 Å². The molecule has 3 N–H and O–H groups in total. The van der Waals surface area contributed by atoms with Crippen molar-refractivity contribution in [3.8, 4) is 5.75 Å². The molecular weight excluding hydrogens is 288 g/mol. The van der Waals surface area contributed by atoms with E-state index in [9.17, 15) is 14.4 Å². The van der Waals surface area contributed by atoms with Crippen LogP contribution >= 0.6 is 0 Å². The van der Waals surface area contributed by atoms with E-state index in [1.165, 1.54) is 11.6 Å². The first kappa shape index (κ1) is 13.9. The lowest BCUT2D eigenvalue weighted by molar-refractivity contribution is 0.248. The summed E-state index contributed by atoms with van der Waals surface area (Å²) in [6.07, 6.45) is 0. The lowest BCUT2D eigenvalue weighted by atomic mass is 9.98. The van der Waals surface area contributed by atoms with Crippen LogP contribution in [-0.2, 0) is 7.05 Å². The Kier molecular flexibility index (Phi) is 3.21. The highest BCUT2D eigenvalue weighted by atomic mass is 16.5. The molecule has 8 heteroatoms. The van der Waals surface area contributed by atoms with Gasteiger partial charge in [-0.2, -0.15) is 0 Å². The van der Waals surface area contributed by atoms with Crippen LogP contribution in [0, 0.1) is 0 Å². The minimum atomic E-state index is -0.648. The van der Waals surface area contributed by atoms with Gasteiger partial charge in [0.25, 0.3) is 5.56 Å². The summed E-state index contributed by atoms with van der Waals surface area (Å²) in [7, 11) is 3.03. The molecule has 0 saturated carbocycles. The SMILES string of the molecule is COc1ccc(C2NC(=O)Nc3c2c(=O)[nH]c(=O)n3C)cc1. The molecule has 3 rings (SSSR count). The highest BCUT2D eigenvalue weighted by Crippen LogP contribution is 2.28. The molecule has 22 heavy (non-hydrogen) atoms. The molecule has 1 aliphatic rings. The van der Waals surface area contributed by atoms with Crippen LogP contribution in [0.25, 0.3) is 0 Å². The van der Waals surface area contributed by atoms with Crippen molar-refractivity contribution in [1.82, 2.24) is 14.9 Å². The Morgan fingerprint density at radius 1 is 1.14 bits per heavy atom. The van der Waals surface area contributed by atoms with E-state index < -0.39 is 23.3 Å². The molecule has 2 aromatic rings. The molecule has 0 radical (unpaired) electrons. The van der Waals surface area contributed by atoms with Gasteiger partial charge in [-0.25, -0.2) is 9.59 Å². The minimum Gasteiger partial charge on any atom is -0.497 e. The molecule has 0 saturated heterocycles. The first-order valence-electron chi connectivity index (χ1n) is 6.56. The van der Waals surface area contributed by atoms with E-state index >= 15 is 0 Å². The number of anilines is 1. The Morgan fingerprint density at radius 3 is 2.45 bits per heavy atom. The smallest absolute Gasteiger partial charge is 0.329 e. The van der Waals surface area contributed by atoms with Crippen molar-refractivity contribution < 1.29 is 9.53 Å². The fraction of sp³-hybridized carbons (Fsp3) is 0.214. The molecule has 1 unspecified atom stereocenters. The molecule has 0 spiro atoms. The topological polar surface area (TPSA) is 105 Å². The van der Waals surface area contributed by atoms with Gasteiger partial charge in [-0.15, -0.1) is 0 Å². The molecule has 0 aliphatic carbocycles. The summed E-state index contributed by atoms with van der Waals surface area (Å²) in [5.74, 6) is 0.858. The highest BCUT2D eigenvalue weighted by Gasteiger charge is 2.30. The van der Waals surface area contributed by atoms with Crippen molar-refractivity contribution in [3.05, 3.63) is 56.2 Å². The number of fused-ring (bicyclic) bond motifs is 1. The van der Waals surface area contributed by atoms with Crippen LogP contribution in [-0.4, -0.2) is 22.7 Å². The number of benzene rings is 1. The molecular formula is C14H14N4O4. The van der Waals surface area contributed by atoms with Crippen molar-refractivity contribution in [2.45, 2.75) is 6.04 Å². The third-order valence-electron chi connectivity index (χ3n) is 3.61. The lowest BCUT2D eigenvalue weighted by Gasteiger charge is -2.27. The Bertz CT molecular complexity index is 851. The van der Waals surface area contributed by atoms with E-state index in [2.05, 4.69) is 15.6 Å². The monoisotopic (exact) mass is 302 g/mol. The Labute approximate surface area is 124 Å². The molecule has 1 aliphatic heterocycles. The van der Waals surface area contributed by atoms with Crippen molar-refractivity contribution in [2.75, 3.05) is 12.4 Å². The number of methoxy groups -OCH3 is 1. The standard InChI is InChI=1S/C14H14N4O4/c1-18-11-9(12(19)17-14(18)21)10(15-13(20)16-11)7-3-5-8(22-2)6-4-7/h3-6,10H,1-2H3,(H2,15,16,20)(H,17,19,21). The average Bonchev–Trinajstić information content (AvgIpc) is 2.52. The summed E-state index contributed by atoms with van der Waals surface area (Å²) in [5, 5.41) is 5.19. The van der Waals surface area contributed by atoms with Crippen LogP contribution in [0.5, 0.6) is 5.75 Å². The quantitative estimate of drug-likeness (QED) is 0.742. The number of ether oxygens (including phenoxy) is 1. The predicted octanol–water partition coefficient (Wildman–Crippen LogP) is 0.307. The van der Waals surface area contributed by atoms with Gasteiger partial charge in [0.1, 0.15) is 11.6 Å². The fourth-order valence-electron chi connectivity index (χ4n) is 2.45. The predicted molar refractivity (Wildman–Crippen MR) is 79.3 cm³/mol. The number of carbonyl (C=O) groups is 1. The Hall–Kier alpha value is -3.03. The van der Waals surface area contributed by atoms with Crippen molar-refractivity contribution in [2.24, 2.45) is 7.05 Å². The fourth-order valence-corrected chi connectivity index (χ4v) is 2.45. The van der Waals surface area contributed by atoms with E-state index in [4.69, 9.17) is 4.74 Å². The highest BCUT2D eigenvalue weighted by molar-refractivity contribution is 5.92. The number of H-pyrrole nitrogens is 1. The summed E-state index contributed by atoms with van der Waals surface area (Å²) >= 11 is 0. The van der Waals surface area contributed by atoms with E-state index in [0.29, 0.717) is 11.3 Å². The third-order valence-corrected chi connectivity index (χ3v) is 3.61. The van der Waals surface area contributed by atoms with Crippen LogP contribution < -0.4 is 26.6 Å². The summed E-state index contributed by atoms with van der Waals surface area (Å²) in [6, 6.07) is 5.85. The molecule has 0 fully saturated rings. The number of nitrogens with zero attached hydrogens (tertiary/aromatic N) is 1. The molecule has 2 heterocycles. The molecule has 114 valence electrons. The van der Waals surface area contributed by atoms with E-state index in [0.717, 1.165) is 0 Å². The largest absolute Gasteiger partial charge is 0.497 e. The number of urea groups is 1. The Morgan fingerprint density at radius 2 is 1.82 bits per heavy atom. The first-order valence-corrected chi connectivity index (χ1v) is 6.56. The second-order valence-electron chi connectivity index (χ2n) is 4.89. The Balaban J connectivity index is 2.19. The number of hydrogen-bond donors (Lipinski definition) is 3. The zero-order valence-corrected chi connectivity index (χ0v) is 12.0. The van der Waals surface area contributed by atoms with Crippen LogP contribution in [0.2, 0.25) is 0 Å². The first-order chi connectivity index (χ1) is 10.5. The van der Waals surface area contributed by atoms with Crippen molar-refractivity contribution in [3.63, 3.8) is 0 Å². The number of amides is 2. The number of aromatic amines is 1. The summed E-state index contributed by atoms with van der Waals surface area (Å²) < 4.78 is 6.29. The van der Waals surface area contributed by atoms with Gasteiger partial charge in [0, 0.05) is 7.05 Å². The van der Waals surface area contributed by atoms with E-state index in [1.807, 2.05) is 0 Å². The van der Waals surface area contributed by atoms with Gasteiger partial charge in [-0.1, -0.05) is 12.1 Å². The third kappa shape index (κ3) is 2.14. The summed E-state index contributed by atoms with van der Waals surface area (Å²) in [4.78, 5) is 37.9. The second-order valence-corrected chi connectivity index (χ2v) is 4.89. The van der Waals surface area contributed by atoms with Gasteiger partial charge >= 0.3 is 11.7 Å². The number of nitrogens with one attached hydrogen (secondary N) is 3. The second kappa shape index (κ2) is 5.06. The average molecular weight is 302 g/mol. The van der Waals surface area contributed by atoms with E-state index in [-0.39, 0.29) is 11.4 Å². The number of hydrogen-bond acceptors (Lipinski definition) is 4. The number of carbonyl (C=O) groups excluding carboxylic acids is 1. The zero-order valence-electron chi connectivity index (χ0n) is 12.0. The summed E-state index contributed by atoms with van der Waals surface area (Å²) in [5.41, 5.74) is -0.126. The zero-order chi connectivity index (χ0) is 15.9. The van der Waals surface area contributed by atoms with Gasteiger partial charge in [0.05, 0.1) is 18.7 Å². The molecule has 2 amide bonds. The van der Waals surface area contributed by atoms with Crippen LogP contribution in [0.3, 0.4) is 0 Å². The van der Waals surface area contributed by atoms with Gasteiger partial charge in [-0.05, 0) is 17.7 Å². The maximum atomic E-state index is 12.2. The normalized spacial score (nSPS) is 16.5. The van der Waals surface area contributed by atoms with Crippen LogP contribution in [0.15, 0.2) is 33.9 Å². The van der Waals surface area contributed by atoms with Crippen molar-refractivity contribution in [1.29, 1.82) is 0 Å². The lowest BCUT2D eigenvalue weighted by Crippen LogP contribution is -2.46. The summed E-state index contributed by atoms with van der Waals surface area (Å²) in [6.45, 7) is 0. The molecule has 1 atom stereocenters. The van der Waals surface area contributed by atoms with Gasteiger partial charge < -0.3 is 10.1 Å². The van der Waals surface area contributed by atoms with Crippen LogP contribution in [0.4, 0.5) is 10.6 Å². The molecule has 1 aromatic carbocycles. The van der Waals surface area contributed by atoms with Gasteiger partial charge in [0.2, 0.25) is 0 Å². The number of aromatic nitrogens is 2. The molecule has 0 bridgehead atoms. The van der Waals surface area contributed by atoms with Crippen molar-refractivity contribution >= 4 is 11.8 Å². The maximum absolute atomic E-state index is 12.2. The number of rotatable bonds is 2. The molecule has 1 aromatic heterocycles. The van der Waals surface area contributed by atoms with Gasteiger partial charge in [0.15, 0.2) is 0 Å². The molecule has 8 nitrogen and oxygen atoms in total. The van der Waals surface area contributed by atoms with E-state index in [1.54, 1.807) is 31.4 Å². The maximum Gasteiger partial charge on any atom is 0.329 e.